The molecule has 1 atom stereocenters. The predicted octanol–water partition coefficient (Wildman–Crippen LogP) is 5.09. The molecule has 2 heterocycles. The Balaban J connectivity index is 1.59. The Hall–Kier alpha value is -4.66. The number of carbonyl (C=O) groups excluding carboxylic acids is 1. The number of nitrogens with zero attached hydrogens (tertiary/aromatic N) is 4. The summed E-state index contributed by atoms with van der Waals surface area (Å²) in [6.07, 6.45) is 0. The van der Waals surface area contributed by atoms with Crippen LogP contribution in [0.25, 0.3) is 11.4 Å². The summed E-state index contributed by atoms with van der Waals surface area (Å²) in [6.45, 7) is 1.77. The van der Waals surface area contributed by atoms with Crippen LogP contribution in [0.4, 0.5) is 21.7 Å². The van der Waals surface area contributed by atoms with E-state index in [1.165, 1.54) is 13.2 Å². The fourth-order valence-corrected chi connectivity index (χ4v) is 4.40. The summed E-state index contributed by atoms with van der Waals surface area (Å²) in [5.41, 5.74) is 3.54. The van der Waals surface area contributed by atoms with E-state index in [2.05, 4.69) is 15.6 Å². The van der Waals surface area contributed by atoms with Gasteiger partial charge in [-0.15, -0.1) is 5.10 Å². The van der Waals surface area contributed by atoms with Gasteiger partial charge in [0.1, 0.15) is 17.6 Å². The smallest absolute Gasteiger partial charge is 0.255 e. The van der Waals surface area contributed by atoms with Gasteiger partial charge in [-0.2, -0.15) is 4.98 Å². The molecular weight excluding hydrogens is 471 g/mol. The molecule has 0 aliphatic carbocycles. The SMILES string of the molecule is COc1ccccc1NC(=O)C1=C(C)Nc2nc(-c3ccc(N(C)C)cc3)nn2C1c1ccccc1F. The molecule has 0 radical (unpaired) electrons. The van der Waals surface area contributed by atoms with Gasteiger partial charge in [-0.1, -0.05) is 30.3 Å². The first-order chi connectivity index (χ1) is 17.9. The molecule has 1 aliphatic rings. The van der Waals surface area contributed by atoms with Crippen LogP contribution < -0.4 is 20.3 Å². The second kappa shape index (κ2) is 9.77. The molecule has 0 spiro atoms. The minimum absolute atomic E-state index is 0.314. The maximum absolute atomic E-state index is 15.2. The fourth-order valence-electron chi connectivity index (χ4n) is 4.40. The number of benzene rings is 3. The summed E-state index contributed by atoms with van der Waals surface area (Å²) in [6, 6.07) is 20.5. The molecular formula is C28H27FN6O2. The average molecular weight is 499 g/mol. The van der Waals surface area contributed by atoms with Gasteiger partial charge in [-0.3, -0.25) is 4.79 Å². The van der Waals surface area contributed by atoms with Crippen LogP contribution in [0, 0.1) is 5.82 Å². The van der Waals surface area contributed by atoms with Crippen molar-refractivity contribution >= 4 is 23.2 Å². The van der Waals surface area contributed by atoms with Gasteiger partial charge in [0.15, 0.2) is 5.82 Å². The van der Waals surface area contributed by atoms with E-state index in [1.54, 1.807) is 48.0 Å². The molecule has 1 unspecified atom stereocenters. The zero-order valence-electron chi connectivity index (χ0n) is 21.0. The lowest BCUT2D eigenvalue weighted by Gasteiger charge is -2.29. The minimum Gasteiger partial charge on any atom is -0.495 e. The van der Waals surface area contributed by atoms with Crippen molar-refractivity contribution in [1.29, 1.82) is 0 Å². The highest BCUT2D eigenvalue weighted by molar-refractivity contribution is 6.06. The first-order valence-electron chi connectivity index (χ1n) is 11.8. The van der Waals surface area contributed by atoms with Crippen LogP contribution in [0.15, 0.2) is 84.1 Å². The van der Waals surface area contributed by atoms with E-state index in [0.717, 1.165) is 11.3 Å². The number of fused-ring (bicyclic) bond motifs is 1. The van der Waals surface area contributed by atoms with Gasteiger partial charge >= 0.3 is 0 Å². The first-order valence-corrected chi connectivity index (χ1v) is 11.8. The number of amides is 1. The van der Waals surface area contributed by atoms with Crippen LogP contribution in [0.5, 0.6) is 5.75 Å². The number of ether oxygens (including phenoxy) is 1. The van der Waals surface area contributed by atoms with Crippen molar-refractivity contribution in [2.24, 2.45) is 0 Å². The maximum atomic E-state index is 15.2. The molecule has 3 aromatic carbocycles. The van der Waals surface area contributed by atoms with Gasteiger partial charge in [0, 0.05) is 36.6 Å². The highest BCUT2D eigenvalue weighted by Crippen LogP contribution is 2.38. The summed E-state index contributed by atoms with van der Waals surface area (Å²) in [5, 5.41) is 10.8. The zero-order valence-corrected chi connectivity index (χ0v) is 21.0. The normalized spacial score (nSPS) is 14.6. The lowest BCUT2D eigenvalue weighted by molar-refractivity contribution is -0.113. The first kappa shape index (κ1) is 24.1. The molecule has 1 amide bonds. The van der Waals surface area contributed by atoms with Crippen molar-refractivity contribution in [2.75, 3.05) is 36.7 Å². The second-order valence-corrected chi connectivity index (χ2v) is 8.89. The Labute approximate surface area is 214 Å². The van der Waals surface area contributed by atoms with Crippen molar-refractivity contribution < 1.29 is 13.9 Å². The number of hydrogen-bond acceptors (Lipinski definition) is 6. The molecule has 0 saturated carbocycles. The van der Waals surface area contributed by atoms with Crippen molar-refractivity contribution in [1.82, 2.24) is 14.8 Å². The summed E-state index contributed by atoms with van der Waals surface area (Å²) < 4.78 is 22.1. The van der Waals surface area contributed by atoms with Crippen LogP contribution in [0.3, 0.4) is 0 Å². The number of allylic oxidation sites excluding steroid dienone is 1. The van der Waals surface area contributed by atoms with Crippen LogP contribution in [-0.2, 0) is 4.79 Å². The third-order valence-electron chi connectivity index (χ3n) is 6.29. The molecule has 4 aromatic rings. The number of anilines is 3. The van der Waals surface area contributed by atoms with Gasteiger partial charge in [-0.05, 0) is 49.4 Å². The number of hydrogen-bond donors (Lipinski definition) is 2. The molecule has 9 heteroatoms. The van der Waals surface area contributed by atoms with Crippen LogP contribution in [0.2, 0.25) is 0 Å². The highest BCUT2D eigenvalue weighted by Gasteiger charge is 2.36. The number of halogens is 1. The van der Waals surface area contributed by atoms with Gasteiger partial charge < -0.3 is 20.3 Å². The Morgan fingerprint density at radius 1 is 1.05 bits per heavy atom. The summed E-state index contributed by atoms with van der Waals surface area (Å²) in [4.78, 5) is 20.4. The van der Waals surface area contributed by atoms with Crippen LogP contribution in [0.1, 0.15) is 18.5 Å². The standard InChI is InChI=1S/C28H27FN6O2/c1-17-24(27(36)31-22-11-7-8-12-23(22)37-4)25(20-9-5-6-10-21(20)29)35-28(30-17)32-26(33-35)18-13-15-19(16-14-18)34(2)3/h5-16,25H,1-4H3,(H,31,36)(H,30,32,33). The third-order valence-corrected chi connectivity index (χ3v) is 6.29. The summed E-state index contributed by atoms with van der Waals surface area (Å²) in [7, 11) is 5.48. The van der Waals surface area contributed by atoms with E-state index in [0.29, 0.717) is 40.0 Å². The molecule has 1 aliphatic heterocycles. The van der Waals surface area contributed by atoms with Crippen molar-refractivity contribution in [3.8, 4) is 17.1 Å². The molecule has 2 N–H and O–H groups in total. The topological polar surface area (TPSA) is 84.3 Å². The minimum atomic E-state index is -0.838. The maximum Gasteiger partial charge on any atom is 0.255 e. The number of carbonyl (C=O) groups is 1. The summed E-state index contributed by atoms with van der Waals surface area (Å²) >= 11 is 0. The quantitative estimate of drug-likeness (QED) is 0.386. The van der Waals surface area contributed by atoms with E-state index < -0.39 is 17.8 Å². The third kappa shape index (κ3) is 4.51. The van der Waals surface area contributed by atoms with E-state index >= 15 is 4.39 Å². The molecule has 188 valence electrons. The molecule has 1 aromatic heterocycles. The predicted molar refractivity (Wildman–Crippen MR) is 142 cm³/mol. The number of nitrogens with one attached hydrogen (secondary N) is 2. The molecule has 0 saturated heterocycles. The number of para-hydroxylation sites is 2. The van der Waals surface area contributed by atoms with E-state index in [1.807, 2.05) is 49.3 Å². The van der Waals surface area contributed by atoms with Gasteiger partial charge in [0.05, 0.1) is 18.4 Å². The van der Waals surface area contributed by atoms with Crippen LogP contribution in [-0.4, -0.2) is 41.9 Å². The van der Waals surface area contributed by atoms with Crippen molar-refractivity contribution in [3.63, 3.8) is 0 Å². The summed E-state index contributed by atoms with van der Waals surface area (Å²) in [5.74, 6) is 0.564. The molecule has 0 fully saturated rings. The Kier molecular flexibility index (Phi) is 6.35. The number of rotatable bonds is 6. The lowest BCUT2D eigenvalue weighted by atomic mass is 9.94. The molecule has 8 nitrogen and oxygen atoms in total. The average Bonchev–Trinajstić information content (AvgIpc) is 3.32. The van der Waals surface area contributed by atoms with Gasteiger partial charge in [0.25, 0.3) is 5.91 Å². The Morgan fingerprint density at radius 2 is 1.76 bits per heavy atom. The number of methoxy groups -OCH3 is 1. The largest absolute Gasteiger partial charge is 0.495 e. The molecule has 0 bridgehead atoms. The van der Waals surface area contributed by atoms with Crippen LogP contribution >= 0.6 is 0 Å². The van der Waals surface area contributed by atoms with Crippen molar-refractivity contribution in [2.45, 2.75) is 13.0 Å². The lowest BCUT2D eigenvalue weighted by Crippen LogP contribution is -2.32. The van der Waals surface area contributed by atoms with E-state index in [4.69, 9.17) is 9.84 Å². The monoisotopic (exact) mass is 498 g/mol. The Bertz CT molecular complexity index is 1490. The highest BCUT2D eigenvalue weighted by atomic mass is 19.1. The van der Waals surface area contributed by atoms with E-state index in [-0.39, 0.29) is 0 Å². The van der Waals surface area contributed by atoms with Gasteiger partial charge in [-0.25, -0.2) is 9.07 Å². The van der Waals surface area contributed by atoms with E-state index in [9.17, 15) is 4.79 Å². The van der Waals surface area contributed by atoms with Gasteiger partial charge in [0.2, 0.25) is 5.95 Å². The zero-order chi connectivity index (χ0) is 26.1. The molecule has 37 heavy (non-hydrogen) atoms. The van der Waals surface area contributed by atoms with Crippen molar-refractivity contribution in [3.05, 3.63) is 95.4 Å². The number of aromatic nitrogens is 3. The fraction of sp³-hybridized carbons (Fsp3) is 0.179. The molecule has 5 rings (SSSR count). The second-order valence-electron chi connectivity index (χ2n) is 8.89. The Morgan fingerprint density at radius 3 is 2.46 bits per heavy atom.